The number of ether oxygens (including phenoxy) is 2. The molecule has 0 aliphatic heterocycles. The summed E-state index contributed by atoms with van der Waals surface area (Å²) in [7, 11) is -2.18. The topological polar surface area (TPSA) is 89.9 Å². The number of benzene rings is 1. The van der Waals surface area contributed by atoms with Crippen LogP contribution in [0.2, 0.25) is 0 Å². The number of sulfone groups is 1. The lowest BCUT2D eigenvalue weighted by atomic mass is 10.1. The minimum Gasteiger partial charge on any atom is -0.490 e. The summed E-state index contributed by atoms with van der Waals surface area (Å²) in [6.45, 7) is 0.909. The molecular formula is C12H16O6S. The molecule has 7 heteroatoms. The highest BCUT2D eigenvalue weighted by atomic mass is 32.2. The Kier molecular flexibility index (Phi) is 4.54. The van der Waals surface area contributed by atoms with Crippen LogP contribution in [0.1, 0.15) is 6.92 Å². The van der Waals surface area contributed by atoms with Crippen molar-refractivity contribution in [3.05, 3.63) is 24.3 Å². The van der Waals surface area contributed by atoms with Gasteiger partial charge in [0.1, 0.15) is 12.4 Å². The lowest BCUT2D eigenvalue weighted by Gasteiger charge is -2.20. The molecule has 0 saturated carbocycles. The number of carbonyl (C=O) groups is 1. The van der Waals surface area contributed by atoms with Gasteiger partial charge in [-0.05, 0) is 25.1 Å². The minimum absolute atomic E-state index is 0.0997. The first-order valence-electron chi connectivity index (χ1n) is 5.40. The van der Waals surface area contributed by atoms with Crippen molar-refractivity contribution in [2.24, 2.45) is 0 Å². The van der Waals surface area contributed by atoms with E-state index in [0.717, 1.165) is 13.4 Å². The maximum Gasteiger partial charge on any atom is 0.341 e. The fraction of sp³-hybridized carbons (Fsp3) is 0.417. The van der Waals surface area contributed by atoms with Gasteiger partial charge in [0.25, 0.3) is 0 Å². The highest BCUT2D eigenvalue weighted by Gasteiger charge is 2.32. The van der Waals surface area contributed by atoms with Gasteiger partial charge in [-0.2, -0.15) is 0 Å². The summed E-state index contributed by atoms with van der Waals surface area (Å²) in [6, 6.07) is 5.80. The Labute approximate surface area is 111 Å². The molecule has 1 aromatic carbocycles. The van der Waals surface area contributed by atoms with Crippen LogP contribution in [-0.4, -0.2) is 45.1 Å². The number of hydrogen-bond acceptors (Lipinski definition) is 6. The first kappa shape index (κ1) is 15.5. The SMILES string of the molecule is COC(=O)C(C)(O)COc1cccc(S(C)(=O)=O)c1. The van der Waals surface area contributed by atoms with Crippen LogP contribution in [0, 0.1) is 0 Å². The Balaban J connectivity index is 2.82. The van der Waals surface area contributed by atoms with Gasteiger partial charge in [-0.1, -0.05) is 6.07 Å². The van der Waals surface area contributed by atoms with E-state index in [4.69, 9.17) is 4.74 Å². The molecule has 1 rings (SSSR count). The molecule has 1 N–H and O–H groups in total. The maximum absolute atomic E-state index is 11.4. The summed E-state index contributed by atoms with van der Waals surface area (Å²) in [5.74, 6) is -0.584. The number of aliphatic hydroxyl groups is 1. The fourth-order valence-electron chi connectivity index (χ4n) is 1.30. The summed E-state index contributed by atoms with van der Waals surface area (Å²) in [5.41, 5.74) is -1.80. The molecule has 0 aromatic heterocycles. The Bertz CT molecular complexity index is 561. The van der Waals surface area contributed by atoms with Crippen molar-refractivity contribution < 1.29 is 27.8 Å². The van der Waals surface area contributed by atoms with Gasteiger partial charge in [-0.15, -0.1) is 0 Å². The zero-order chi connectivity index (χ0) is 14.7. The van der Waals surface area contributed by atoms with Crippen molar-refractivity contribution in [2.75, 3.05) is 20.0 Å². The van der Waals surface area contributed by atoms with E-state index in [1.165, 1.54) is 31.2 Å². The Morgan fingerprint density at radius 1 is 1.42 bits per heavy atom. The van der Waals surface area contributed by atoms with Crippen molar-refractivity contribution in [3.8, 4) is 5.75 Å². The smallest absolute Gasteiger partial charge is 0.341 e. The standard InChI is InChI=1S/C12H16O6S/c1-12(14,11(13)17-2)8-18-9-5-4-6-10(7-9)19(3,15)16/h4-7,14H,8H2,1-3H3. The molecule has 0 aliphatic rings. The highest BCUT2D eigenvalue weighted by molar-refractivity contribution is 7.90. The van der Waals surface area contributed by atoms with Gasteiger partial charge < -0.3 is 14.6 Å². The molecule has 1 unspecified atom stereocenters. The highest BCUT2D eigenvalue weighted by Crippen LogP contribution is 2.19. The molecule has 0 spiro atoms. The van der Waals surface area contributed by atoms with Crippen molar-refractivity contribution in [2.45, 2.75) is 17.4 Å². The van der Waals surface area contributed by atoms with Crippen molar-refractivity contribution in [1.82, 2.24) is 0 Å². The Morgan fingerprint density at radius 3 is 2.58 bits per heavy atom. The Hall–Kier alpha value is -1.60. The Morgan fingerprint density at radius 2 is 2.05 bits per heavy atom. The third-order valence-electron chi connectivity index (χ3n) is 2.38. The third kappa shape index (κ3) is 4.22. The lowest BCUT2D eigenvalue weighted by molar-refractivity contribution is -0.163. The van der Waals surface area contributed by atoms with E-state index < -0.39 is 21.4 Å². The van der Waals surface area contributed by atoms with Crippen LogP contribution in [0.4, 0.5) is 0 Å². The monoisotopic (exact) mass is 288 g/mol. The van der Waals surface area contributed by atoms with Gasteiger partial charge in [0.15, 0.2) is 15.4 Å². The summed E-state index contributed by atoms with van der Waals surface area (Å²) in [5, 5.41) is 9.76. The molecule has 0 amide bonds. The van der Waals surface area contributed by atoms with Gasteiger partial charge in [0, 0.05) is 6.26 Å². The van der Waals surface area contributed by atoms with Crippen LogP contribution >= 0.6 is 0 Å². The number of hydrogen-bond donors (Lipinski definition) is 1. The fourth-order valence-corrected chi connectivity index (χ4v) is 1.95. The summed E-state index contributed by atoms with van der Waals surface area (Å²) in [4.78, 5) is 11.3. The second-order valence-corrected chi connectivity index (χ2v) is 6.32. The van der Waals surface area contributed by atoms with Gasteiger partial charge in [0.05, 0.1) is 12.0 Å². The largest absolute Gasteiger partial charge is 0.490 e. The van der Waals surface area contributed by atoms with E-state index >= 15 is 0 Å². The molecule has 0 fully saturated rings. The number of methoxy groups -OCH3 is 1. The average Bonchev–Trinajstić information content (AvgIpc) is 2.35. The molecule has 0 heterocycles. The molecule has 0 aliphatic carbocycles. The van der Waals surface area contributed by atoms with Crippen molar-refractivity contribution in [3.63, 3.8) is 0 Å². The quantitative estimate of drug-likeness (QED) is 0.788. The van der Waals surface area contributed by atoms with Gasteiger partial charge >= 0.3 is 5.97 Å². The van der Waals surface area contributed by atoms with E-state index in [1.54, 1.807) is 0 Å². The van der Waals surface area contributed by atoms with E-state index in [1.807, 2.05) is 0 Å². The van der Waals surface area contributed by atoms with E-state index in [2.05, 4.69) is 4.74 Å². The molecule has 1 aromatic rings. The summed E-state index contributed by atoms with van der Waals surface area (Å²) < 4.78 is 32.4. The second-order valence-electron chi connectivity index (χ2n) is 4.30. The zero-order valence-corrected chi connectivity index (χ0v) is 11.7. The molecule has 6 nitrogen and oxygen atoms in total. The molecule has 19 heavy (non-hydrogen) atoms. The molecule has 0 bridgehead atoms. The molecule has 1 atom stereocenters. The van der Waals surface area contributed by atoms with Crippen LogP contribution in [0.3, 0.4) is 0 Å². The predicted octanol–water partition coefficient (Wildman–Crippen LogP) is 0.393. The van der Waals surface area contributed by atoms with E-state index in [9.17, 15) is 18.3 Å². The molecule has 0 saturated heterocycles. The van der Waals surface area contributed by atoms with Crippen LogP contribution < -0.4 is 4.74 Å². The van der Waals surface area contributed by atoms with E-state index in [-0.39, 0.29) is 17.3 Å². The summed E-state index contributed by atoms with van der Waals surface area (Å²) >= 11 is 0. The molecule has 106 valence electrons. The maximum atomic E-state index is 11.4. The number of rotatable bonds is 5. The van der Waals surface area contributed by atoms with E-state index in [0.29, 0.717) is 0 Å². The van der Waals surface area contributed by atoms with Crippen LogP contribution in [0.15, 0.2) is 29.2 Å². The first-order chi connectivity index (χ1) is 8.66. The van der Waals surface area contributed by atoms with Gasteiger partial charge in [0.2, 0.25) is 0 Å². The molecule has 0 radical (unpaired) electrons. The lowest BCUT2D eigenvalue weighted by Crippen LogP contribution is -2.42. The van der Waals surface area contributed by atoms with Crippen LogP contribution in [-0.2, 0) is 19.4 Å². The van der Waals surface area contributed by atoms with Crippen LogP contribution in [0.5, 0.6) is 5.75 Å². The predicted molar refractivity (Wildman–Crippen MR) is 67.7 cm³/mol. The second kappa shape index (κ2) is 5.58. The third-order valence-corrected chi connectivity index (χ3v) is 3.49. The summed E-state index contributed by atoms with van der Waals surface area (Å²) in [6.07, 6.45) is 1.08. The van der Waals surface area contributed by atoms with Gasteiger partial charge in [-0.3, -0.25) is 0 Å². The van der Waals surface area contributed by atoms with Crippen molar-refractivity contribution >= 4 is 15.8 Å². The minimum atomic E-state index is -3.33. The van der Waals surface area contributed by atoms with Crippen LogP contribution in [0.25, 0.3) is 0 Å². The first-order valence-corrected chi connectivity index (χ1v) is 7.29. The number of carbonyl (C=O) groups excluding carboxylic acids is 1. The average molecular weight is 288 g/mol. The normalized spacial score (nSPS) is 14.5. The molecular weight excluding hydrogens is 272 g/mol. The zero-order valence-electron chi connectivity index (χ0n) is 10.9. The van der Waals surface area contributed by atoms with Crippen molar-refractivity contribution in [1.29, 1.82) is 0 Å². The number of esters is 1. The van der Waals surface area contributed by atoms with Gasteiger partial charge in [-0.25, -0.2) is 13.2 Å².